The summed E-state index contributed by atoms with van der Waals surface area (Å²) in [5.74, 6) is 0. The van der Waals surface area contributed by atoms with Gasteiger partial charge in [-0.15, -0.1) is 0 Å². The lowest BCUT2D eigenvalue weighted by molar-refractivity contribution is -0.0381. The molecule has 0 heterocycles. The van der Waals surface area contributed by atoms with Gasteiger partial charge in [0.25, 0.3) is 0 Å². The predicted octanol–water partition coefficient (Wildman–Crippen LogP) is 0.430. The van der Waals surface area contributed by atoms with Gasteiger partial charge in [0.15, 0.2) is 6.29 Å². The van der Waals surface area contributed by atoms with Gasteiger partial charge in [-0.2, -0.15) is 0 Å². The predicted molar refractivity (Wildman–Crippen MR) is 47.5 cm³/mol. The summed E-state index contributed by atoms with van der Waals surface area (Å²) >= 11 is 0. The molecule has 0 radical (unpaired) electrons. The molecular weight excluding hydrogens is 154 g/mol. The van der Waals surface area contributed by atoms with Crippen molar-refractivity contribution in [3.8, 4) is 0 Å². The molecule has 0 aliphatic carbocycles. The molecule has 1 rings (SSSR count). The van der Waals surface area contributed by atoms with E-state index < -0.39 is 6.29 Å². The highest BCUT2D eigenvalue weighted by atomic mass is 16.5. The van der Waals surface area contributed by atoms with Crippen molar-refractivity contribution in [2.75, 3.05) is 5.73 Å². The van der Waals surface area contributed by atoms with E-state index >= 15 is 0 Å². The molecule has 0 aromatic heterocycles. The Kier molecular flexibility index (Phi) is 2.68. The van der Waals surface area contributed by atoms with E-state index in [1.54, 1.807) is 6.07 Å². The van der Waals surface area contributed by atoms with Crippen LogP contribution < -0.4 is 5.73 Å². The topological polar surface area (TPSA) is 66.5 Å². The number of nitrogens with two attached hydrogens (primary N) is 1. The first-order valence-electron chi connectivity index (χ1n) is 3.81. The quantitative estimate of drug-likeness (QED) is 0.442. The molecule has 3 nitrogen and oxygen atoms in total. The molecule has 0 bridgehead atoms. The Morgan fingerprint density at radius 3 is 2.58 bits per heavy atom. The van der Waals surface area contributed by atoms with Crippen molar-refractivity contribution in [3.05, 3.63) is 29.3 Å². The Morgan fingerprint density at radius 2 is 2.08 bits per heavy atom. The Morgan fingerprint density at radius 1 is 1.42 bits per heavy atom. The minimum atomic E-state index is -1.33. The maximum atomic E-state index is 8.75. The Labute approximate surface area is 71.5 Å². The summed E-state index contributed by atoms with van der Waals surface area (Å²) in [6.07, 6.45) is -1.13. The van der Waals surface area contributed by atoms with Gasteiger partial charge in [-0.05, 0) is 24.1 Å². The Bertz CT molecular complexity index is 251. The van der Waals surface area contributed by atoms with E-state index in [0.29, 0.717) is 5.69 Å². The lowest BCUT2D eigenvalue weighted by Gasteiger charge is -2.09. The first kappa shape index (κ1) is 9.03. The molecule has 1 aromatic carbocycles. The summed E-state index contributed by atoms with van der Waals surface area (Å²) in [4.78, 5) is 0. The van der Waals surface area contributed by atoms with Crippen LogP contribution in [0.25, 0.3) is 0 Å². The van der Waals surface area contributed by atoms with E-state index in [1.165, 1.54) is 0 Å². The number of hydrogen-bond acceptors (Lipinski definition) is 3. The van der Waals surface area contributed by atoms with Crippen LogP contribution in [-0.2, 0) is 6.42 Å². The molecule has 66 valence electrons. The van der Waals surface area contributed by atoms with Crippen LogP contribution in [0, 0.1) is 6.92 Å². The number of aliphatic hydroxyl groups excluding tert-OH is 1. The second-order valence-electron chi connectivity index (χ2n) is 2.83. The second-order valence-corrected chi connectivity index (χ2v) is 2.83. The monoisotopic (exact) mass is 167 g/mol. The average molecular weight is 167 g/mol. The molecule has 0 aliphatic heterocycles. The first-order valence-corrected chi connectivity index (χ1v) is 3.81. The molecule has 0 aliphatic rings. The van der Waals surface area contributed by atoms with Gasteiger partial charge in [0.05, 0.1) is 0 Å². The number of hydrogen-bond donors (Lipinski definition) is 3. The molecule has 0 unspecified atom stereocenters. The van der Waals surface area contributed by atoms with Gasteiger partial charge in [0.1, 0.15) is 0 Å². The van der Waals surface area contributed by atoms with Crippen molar-refractivity contribution in [1.29, 1.82) is 0 Å². The van der Waals surface area contributed by atoms with Crippen molar-refractivity contribution < 1.29 is 10.2 Å². The molecule has 0 saturated carbocycles. The van der Waals surface area contributed by atoms with Crippen LogP contribution in [0.5, 0.6) is 0 Å². The molecular formula is C9H13NO2. The SMILES string of the molecule is Cc1cccc(N)c1CC(O)O. The van der Waals surface area contributed by atoms with Crippen molar-refractivity contribution in [2.45, 2.75) is 19.6 Å². The standard InChI is InChI=1S/C9H13NO2/c1-6-3-2-4-8(10)7(6)5-9(11)12/h2-4,9,11-12H,5,10H2,1H3. The van der Waals surface area contributed by atoms with Crippen molar-refractivity contribution >= 4 is 5.69 Å². The van der Waals surface area contributed by atoms with E-state index in [4.69, 9.17) is 15.9 Å². The second kappa shape index (κ2) is 3.56. The molecule has 12 heavy (non-hydrogen) atoms. The normalized spacial score (nSPS) is 10.7. The zero-order valence-electron chi connectivity index (χ0n) is 6.99. The highest BCUT2D eigenvalue weighted by Crippen LogP contribution is 2.17. The van der Waals surface area contributed by atoms with E-state index in [-0.39, 0.29) is 6.42 Å². The summed E-state index contributed by atoms with van der Waals surface area (Å²) in [7, 11) is 0. The van der Waals surface area contributed by atoms with Crippen LogP contribution in [0.15, 0.2) is 18.2 Å². The lowest BCUT2D eigenvalue weighted by Crippen LogP contribution is -2.11. The number of aliphatic hydroxyl groups is 2. The van der Waals surface area contributed by atoms with Gasteiger partial charge in [-0.25, -0.2) is 0 Å². The molecule has 0 spiro atoms. The summed E-state index contributed by atoms with van der Waals surface area (Å²) in [5.41, 5.74) is 8.06. The van der Waals surface area contributed by atoms with E-state index in [2.05, 4.69) is 0 Å². The first-order chi connectivity index (χ1) is 5.61. The zero-order valence-corrected chi connectivity index (χ0v) is 6.99. The number of rotatable bonds is 2. The Balaban J connectivity index is 2.96. The van der Waals surface area contributed by atoms with Crippen LogP contribution >= 0.6 is 0 Å². The zero-order chi connectivity index (χ0) is 9.14. The maximum Gasteiger partial charge on any atom is 0.155 e. The number of benzene rings is 1. The van der Waals surface area contributed by atoms with Crippen molar-refractivity contribution in [3.63, 3.8) is 0 Å². The van der Waals surface area contributed by atoms with Crippen molar-refractivity contribution in [2.24, 2.45) is 0 Å². The number of nitrogen functional groups attached to an aromatic ring is 1. The number of anilines is 1. The van der Waals surface area contributed by atoms with Gasteiger partial charge in [-0.1, -0.05) is 12.1 Å². The maximum absolute atomic E-state index is 8.75. The average Bonchev–Trinajstić information content (AvgIpc) is 1.97. The third-order valence-electron chi connectivity index (χ3n) is 1.83. The number of aryl methyl sites for hydroxylation is 1. The fourth-order valence-electron chi connectivity index (χ4n) is 1.19. The molecule has 4 N–H and O–H groups in total. The van der Waals surface area contributed by atoms with Crippen LogP contribution in [0.4, 0.5) is 5.69 Å². The van der Waals surface area contributed by atoms with Crippen LogP contribution in [-0.4, -0.2) is 16.5 Å². The van der Waals surface area contributed by atoms with E-state index in [9.17, 15) is 0 Å². The lowest BCUT2D eigenvalue weighted by atomic mass is 10.0. The summed E-state index contributed by atoms with van der Waals surface area (Å²) in [6, 6.07) is 5.50. The highest BCUT2D eigenvalue weighted by Gasteiger charge is 2.06. The Hall–Kier alpha value is -1.06. The summed E-state index contributed by atoms with van der Waals surface area (Å²) < 4.78 is 0. The molecule has 3 heteroatoms. The molecule has 0 saturated heterocycles. The van der Waals surface area contributed by atoms with Gasteiger partial charge in [0, 0.05) is 12.1 Å². The van der Waals surface area contributed by atoms with Gasteiger partial charge in [0.2, 0.25) is 0 Å². The van der Waals surface area contributed by atoms with E-state index in [0.717, 1.165) is 11.1 Å². The van der Waals surface area contributed by atoms with Crippen LogP contribution in [0.1, 0.15) is 11.1 Å². The molecule has 0 atom stereocenters. The fraction of sp³-hybridized carbons (Fsp3) is 0.333. The highest BCUT2D eigenvalue weighted by molar-refractivity contribution is 5.50. The largest absolute Gasteiger partial charge is 0.398 e. The summed E-state index contributed by atoms with van der Waals surface area (Å²) in [6.45, 7) is 1.90. The third-order valence-corrected chi connectivity index (χ3v) is 1.83. The molecule has 0 amide bonds. The fourth-order valence-corrected chi connectivity index (χ4v) is 1.19. The van der Waals surface area contributed by atoms with Gasteiger partial charge >= 0.3 is 0 Å². The van der Waals surface area contributed by atoms with Gasteiger partial charge in [-0.3, -0.25) is 0 Å². The van der Waals surface area contributed by atoms with Gasteiger partial charge < -0.3 is 15.9 Å². The van der Waals surface area contributed by atoms with Crippen LogP contribution in [0.2, 0.25) is 0 Å². The van der Waals surface area contributed by atoms with E-state index in [1.807, 2.05) is 19.1 Å². The third kappa shape index (κ3) is 1.96. The minimum absolute atomic E-state index is 0.193. The van der Waals surface area contributed by atoms with Crippen LogP contribution in [0.3, 0.4) is 0 Å². The molecule has 1 aromatic rings. The molecule has 0 fully saturated rings. The minimum Gasteiger partial charge on any atom is -0.398 e. The van der Waals surface area contributed by atoms with Crippen molar-refractivity contribution in [1.82, 2.24) is 0 Å². The smallest absolute Gasteiger partial charge is 0.155 e. The summed E-state index contributed by atoms with van der Waals surface area (Å²) in [5, 5.41) is 17.5.